The highest BCUT2D eigenvalue weighted by atomic mass is 14.9. The van der Waals surface area contributed by atoms with E-state index in [9.17, 15) is 0 Å². The molecule has 0 aromatic rings. The maximum Gasteiger partial charge on any atom is 0.00532 e. The molecule has 1 nitrogen and oxygen atoms in total. The summed E-state index contributed by atoms with van der Waals surface area (Å²) in [5.41, 5.74) is 0.542. The van der Waals surface area contributed by atoms with Crippen molar-refractivity contribution < 1.29 is 0 Å². The van der Waals surface area contributed by atoms with Gasteiger partial charge < -0.3 is 5.32 Å². The fraction of sp³-hybridized carbons (Fsp3) is 0.714. The van der Waals surface area contributed by atoms with Gasteiger partial charge in [0.05, 0.1) is 0 Å². The van der Waals surface area contributed by atoms with E-state index in [1.807, 2.05) is 0 Å². The Kier molecular flexibility index (Phi) is 0.662. The van der Waals surface area contributed by atoms with Crippen LogP contribution in [0.2, 0.25) is 0 Å². The zero-order valence-electron chi connectivity index (χ0n) is 5.15. The first-order valence-electron chi connectivity index (χ1n) is 3.21. The minimum absolute atomic E-state index is 0.542. The molecule has 0 aromatic carbocycles. The third-order valence-corrected chi connectivity index (χ3v) is 2.43. The van der Waals surface area contributed by atoms with Crippen LogP contribution in [0.1, 0.15) is 6.92 Å². The molecule has 2 aliphatic rings. The van der Waals surface area contributed by atoms with Crippen molar-refractivity contribution in [2.45, 2.75) is 6.92 Å². The molecule has 1 N–H and O–H groups in total. The molecule has 0 aromatic heterocycles. The van der Waals surface area contributed by atoms with Crippen molar-refractivity contribution in [1.29, 1.82) is 0 Å². The van der Waals surface area contributed by atoms with Crippen molar-refractivity contribution in [1.82, 2.24) is 5.32 Å². The monoisotopic (exact) mass is 109 g/mol. The molecular formula is C7H11N. The quantitative estimate of drug-likeness (QED) is 0.453. The van der Waals surface area contributed by atoms with Gasteiger partial charge >= 0.3 is 0 Å². The van der Waals surface area contributed by atoms with E-state index in [0.717, 1.165) is 5.92 Å². The fourth-order valence-corrected chi connectivity index (χ4v) is 1.55. The van der Waals surface area contributed by atoms with Crippen LogP contribution in [0, 0.1) is 11.3 Å². The molecule has 8 heavy (non-hydrogen) atoms. The van der Waals surface area contributed by atoms with E-state index in [4.69, 9.17) is 0 Å². The van der Waals surface area contributed by atoms with E-state index in [-0.39, 0.29) is 0 Å². The van der Waals surface area contributed by atoms with Crippen molar-refractivity contribution in [2.75, 3.05) is 13.1 Å². The predicted molar refractivity (Wildman–Crippen MR) is 33.6 cm³/mol. The first kappa shape index (κ1) is 4.57. The van der Waals surface area contributed by atoms with Crippen LogP contribution >= 0.6 is 0 Å². The molecule has 0 saturated carbocycles. The second-order valence-electron chi connectivity index (χ2n) is 3.10. The summed E-state index contributed by atoms with van der Waals surface area (Å²) in [6, 6.07) is 0. The molecular weight excluding hydrogens is 98.1 g/mol. The van der Waals surface area contributed by atoms with Crippen LogP contribution in [0.3, 0.4) is 0 Å². The Morgan fingerprint density at radius 1 is 1.75 bits per heavy atom. The molecule has 1 aliphatic heterocycles. The van der Waals surface area contributed by atoms with Crippen LogP contribution in [0.25, 0.3) is 0 Å². The van der Waals surface area contributed by atoms with Crippen molar-refractivity contribution in [2.24, 2.45) is 11.3 Å². The minimum Gasteiger partial charge on any atom is -0.315 e. The van der Waals surface area contributed by atoms with Crippen molar-refractivity contribution in [3.05, 3.63) is 12.2 Å². The molecule has 0 spiro atoms. The summed E-state index contributed by atoms with van der Waals surface area (Å²) in [5, 5.41) is 3.36. The van der Waals surface area contributed by atoms with Gasteiger partial charge in [0.25, 0.3) is 0 Å². The zero-order chi connectivity index (χ0) is 5.61. The van der Waals surface area contributed by atoms with Crippen LogP contribution in [0.5, 0.6) is 0 Å². The summed E-state index contributed by atoms with van der Waals surface area (Å²) in [7, 11) is 0. The lowest BCUT2D eigenvalue weighted by atomic mass is 9.71. The van der Waals surface area contributed by atoms with Gasteiger partial charge in [-0.3, -0.25) is 0 Å². The van der Waals surface area contributed by atoms with Gasteiger partial charge in [-0.05, 0) is 5.92 Å². The number of hydrogen-bond acceptors (Lipinski definition) is 1. The second kappa shape index (κ2) is 1.16. The molecule has 44 valence electrons. The van der Waals surface area contributed by atoms with Crippen LogP contribution < -0.4 is 5.32 Å². The number of hydrogen-bond donors (Lipinski definition) is 1. The molecule has 0 bridgehead atoms. The number of nitrogens with one attached hydrogen (secondary N) is 1. The molecule has 1 fully saturated rings. The Hall–Kier alpha value is -0.300. The lowest BCUT2D eigenvalue weighted by molar-refractivity contribution is 0.350. The van der Waals surface area contributed by atoms with Gasteiger partial charge in [0.2, 0.25) is 0 Å². The average Bonchev–Trinajstić information content (AvgIpc) is 1.94. The first-order chi connectivity index (χ1) is 3.81. The molecule has 0 amide bonds. The summed E-state index contributed by atoms with van der Waals surface area (Å²) < 4.78 is 0. The molecule has 0 unspecified atom stereocenters. The smallest absolute Gasteiger partial charge is 0.00532 e. The van der Waals surface area contributed by atoms with Gasteiger partial charge in [-0.15, -0.1) is 0 Å². The predicted octanol–water partition coefficient (Wildman–Crippen LogP) is 0.782. The van der Waals surface area contributed by atoms with Crippen molar-refractivity contribution in [3.8, 4) is 0 Å². The Labute approximate surface area is 49.8 Å². The van der Waals surface area contributed by atoms with Gasteiger partial charge in [0.15, 0.2) is 0 Å². The summed E-state index contributed by atoms with van der Waals surface area (Å²) in [4.78, 5) is 0. The van der Waals surface area contributed by atoms with E-state index >= 15 is 0 Å². The summed E-state index contributed by atoms with van der Waals surface area (Å²) in [6.07, 6.45) is 4.62. The highest BCUT2D eigenvalue weighted by Crippen LogP contribution is 2.40. The van der Waals surface area contributed by atoms with Gasteiger partial charge in [0, 0.05) is 18.5 Å². The Balaban J connectivity index is 2.27. The van der Waals surface area contributed by atoms with Gasteiger partial charge in [-0.2, -0.15) is 0 Å². The topological polar surface area (TPSA) is 12.0 Å². The van der Waals surface area contributed by atoms with Crippen LogP contribution in [0.15, 0.2) is 12.2 Å². The molecule has 2 rings (SSSR count). The Bertz CT molecular complexity index is 139. The third kappa shape index (κ3) is 0.360. The lowest BCUT2D eigenvalue weighted by Crippen LogP contribution is -2.29. The minimum atomic E-state index is 0.542. The molecule has 1 saturated heterocycles. The Morgan fingerprint density at radius 2 is 2.62 bits per heavy atom. The van der Waals surface area contributed by atoms with E-state index in [2.05, 4.69) is 24.4 Å². The molecule has 0 radical (unpaired) electrons. The summed E-state index contributed by atoms with van der Waals surface area (Å²) in [6.45, 7) is 4.71. The first-order valence-corrected chi connectivity index (χ1v) is 3.21. The standard InChI is InChI=1S/C7H11N/c1-7-3-2-6(7)4-8-5-7/h2-3,6,8H,4-5H2,1H3/t6-,7+/m1/s1. The lowest BCUT2D eigenvalue weighted by Gasteiger charge is -2.32. The summed E-state index contributed by atoms with van der Waals surface area (Å²) in [5.74, 6) is 0.850. The van der Waals surface area contributed by atoms with Crippen LogP contribution in [-0.4, -0.2) is 13.1 Å². The Morgan fingerprint density at radius 3 is 2.88 bits per heavy atom. The van der Waals surface area contributed by atoms with Crippen LogP contribution in [-0.2, 0) is 0 Å². The molecule has 2 atom stereocenters. The van der Waals surface area contributed by atoms with Gasteiger partial charge in [-0.1, -0.05) is 19.1 Å². The zero-order valence-corrected chi connectivity index (χ0v) is 5.15. The highest BCUT2D eigenvalue weighted by Gasteiger charge is 2.40. The second-order valence-corrected chi connectivity index (χ2v) is 3.10. The van der Waals surface area contributed by atoms with Gasteiger partial charge in [-0.25, -0.2) is 0 Å². The van der Waals surface area contributed by atoms with E-state index in [1.54, 1.807) is 0 Å². The van der Waals surface area contributed by atoms with Crippen molar-refractivity contribution >= 4 is 0 Å². The largest absolute Gasteiger partial charge is 0.315 e. The normalized spacial score (nSPS) is 50.9. The maximum absolute atomic E-state index is 3.36. The number of fused-ring (bicyclic) bond motifs is 1. The van der Waals surface area contributed by atoms with Crippen LogP contribution in [0.4, 0.5) is 0 Å². The maximum atomic E-state index is 3.36. The SMILES string of the molecule is C[C@@]12C=C[C@@H]1CNC2. The highest BCUT2D eigenvalue weighted by molar-refractivity contribution is 5.21. The van der Waals surface area contributed by atoms with E-state index in [0.29, 0.717) is 5.41 Å². The average molecular weight is 109 g/mol. The van der Waals surface area contributed by atoms with E-state index in [1.165, 1.54) is 13.1 Å². The third-order valence-electron chi connectivity index (χ3n) is 2.43. The fourth-order valence-electron chi connectivity index (χ4n) is 1.55. The number of rotatable bonds is 0. The summed E-state index contributed by atoms with van der Waals surface area (Å²) >= 11 is 0. The van der Waals surface area contributed by atoms with E-state index < -0.39 is 0 Å². The van der Waals surface area contributed by atoms with Gasteiger partial charge in [0.1, 0.15) is 0 Å². The molecule has 1 aliphatic carbocycles. The van der Waals surface area contributed by atoms with Crippen molar-refractivity contribution in [3.63, 3.8) is 0 Å². The molecule has 1 heteroatoms. The molecule has 1 heterocycles.